The molecular weight excluding hydrogens is 472 g/mol. The molecule has 0 saturated carbocycles. The van der Waals surface area contributed by atoms with Gasteiger partial charge >= 0.3 is 0 Å². The monoisotopic (exact) mass is 504 g/mol. The summed E-state index contributed by atoms with van der Waals surface area (Å²) in [5.74, 6) is -0.994. The molecule has 1 N–H and O–H groups in total. The van der Waals surface area contributed by atoms with Crippen LogP contribution in [0.25, 0.3) is 0 Å². The van der Waals surface area contributed by atoms with Crippen molar-refractivity contribution in [2.75, 3.05) is 17.1 Å². The molecule has 2 rings (SSSR count). The smallest absolute Gasteiger partial charge is 0.271 e. The van der Waals surface area contributed by atoms with Crippen molar-refractivity contribution in [2.24, 2.45) is 0 Å². The van der Waals surface area contributed by atoms with Gasteiger partial charge in [-0.25, -0.2) is 8.42 Å². The molecule has 0 fully saturated rings. The predicted octanol–water partition coefficient (Wildman–Crippen LogP) is 2.92. The summed E-state index contributed by atoms with van der Waals surface area (Å²) in [6.45, 7) is 8.16. The molecule has 0 bridgehead atoms. The number of anilines is 1. The van der Waals surface area contributed by atoms with E-state index in [0.29, 0.717) is 5.56 Å². The molecule has 0 radical (unpaired) electrons. The molecule has 190 valence electrons. The van der Waals surface area contributed by atoms with Crippen LogP contribution in [0.1, 0.15) is 37.5 Å². The van der Waals surface area contributed by atoms with E-state index in [2.05, 4.69) is 5.32 Å². The highest BCUT2D eigenvalue weighted by molar-refractivity contribution is 7.92. The van der Waals surface area contributed by atoms with E-state index in [9.17, 15) is 28.1 Å². The van der Waals surface area contributed by atoms with Crippen molar-refractivity contribution in [1.29, 1.82) is 0 Å². The number of nitrogens with zero attached hydrogens (tertiary/aromatic N) is 3. The minimum atomic E-state index is -3.99. The third kappa shape index (κ3) is 7.51. The van der Waals surface area contributed by atoms with Crippen LogP contribution in [0.5, 0.6) is 0 Å². The molecule has 10 nitrogen and oxygen atoms in total. The van der Waals surface area contributed by atoms with Crippen molar-refractivity contribution >= 4 is 33.2 Å². The van der Waals surface area contributed by atoms with Crippen molar-refractivity contribution in [2.45, 2.75) is 53.2 Å². The summed E-state index contributed by atoms with van der Waals surface area (Å²) >= 11 is 0. The van der Waals surface area contributed by atoms with Crippen molar-refractivity contribution in [3.63, 3.8) is 0 Å². The minimum absolute atomic E-state index is 0.0321. The number of carbonyl (C=O) groups excluding carboxylic acids is 2. The molecule has 0 heterocycles. The number of benzene rings is 2. The molecule has 11 heteroatoms. The lowest BCUT2D eigenvalue weighted by molar-refractivity contribution is -0.384. The van der Waals surface area contributed by atoms with Gasteiger partial charge in [-0.3, -0.25) is 24.0 Å². The fourth-order valence-corrected chi connectivity index (χ4v) is 4.35. The molecule has 0 unspecified atom stereocenters. The summed E-state index contributed by atoms with van der Waals surface area (Å²) < 4.78 is 26.2. The second-order valence-corrected chi connectivity index (χ2v) is 10.8. The van der Waals surface area contributed by atoms with Crippen LogP contribution >= 0.6 is 0 Å². The molecule has 2 aromatic carbocycles. The SMILES string of the molecule is Cc1ccc(CN(C(=O)CN(c2cc([N+](=O)[O-])ccc2C)S(C)(=O)=O)[C@H](C)C(=O)NC(C)C)cc1. The Hall–Kier alpha value is -3.47. The molecule has 1 atom stereocenters. The lowest BCUT2D eigenvalue weighted by atomic mass is 10.1. The summed E-state index contributed by atoms with van der Waals surface area (Å²) in [6, 6.07) is 10.2. The first-order valence-corrected chi connectivity index (χ1v) is 12.9. The molecular formula is C24H32N4O6S. The van der Waals surface area contributed by atoms with Gasteiger partial charge in [0, 0.05) is 24.7 Å². The second kappa shape index (κ2) is 11.3. The van der Waals surface area contributed by atoms with Gasteiger partial charge in [0.15, 0.2) is 0 Å². The van der Waals surface area contributed by atoms with E-state index in [-0.39, 0.29) is 29.9 Å². The van der Waals surface area contributed by atoms with E-state index in [4.69, 9.17) is 0 Å². The van der Waals surface area contributed by atoms with Gasteiger partial charge in [0.1, 0.15) is 12.6 Å². The van der Waals surface area contributed by atoms with Crippen LogP contribution in [-0.4, -0.2) is 54.9 Å². The summed E-state index contributed by atoms with van der Waals surface area (Å²) in [7, 11) is -3.99. The summed E-state index contributed by atoms with van der Waals surface area (Å²) in [4.78, 5) is 38.2. The van der Waals surface area contributed by atoms with Crippen molar-refractivity contribution in [3.8, 4) is 0 Å². The molecule has 0 aliphatic carbocycles. The van der Waals surface area contributed by atoms with Crippen molar-refractivity contribution in [3.05, 3.63) is 69.3 Å². The van der Waals surface area contributed by atoms with Crippen LogP contribution in [0.4, 0.5) is 11.4 Å². The Balaban J connectivity index is 2.47. The van der Waals surface area contributed by atoms with Gasteiger partial charge in [-0.15, -0.1) is 0 Å². The third-order valence-electron chi connectivity index (χ3n) is 5.42. The molecule has 0 saturated heterocycles. The number of nitro groups is 1. The Labute approximate surface area is 206 Å². The fraction of sp³-hybridized carbons (Fsp3) is 0.417. The molecule has 0 aromatic heterocycles. The first-order valence-electron chi connectivity index (χ1n) is 11.1. The van der Waals surface area contributed by atoms with Gasteiger partial charge < -0.3 is 10.2 Å². The first-order chi connectivity index (χ1) is 16.2. The molecule has 0 spiro atoms. The average Bonchev–Trinajstić information content (AvgIpc) is 2.75. The lowest BCUT2D eigenvalue weighted by Gasteiger charge is -2.32. The number of hydrogen-bond donors (Lipinski definition) is 1. The third-order valence-corrected chi connectivity index (χ3v) is 6.55. The Bertz CT molecular complexity index is 1190. The normalized spacial score (nSPS) is 12.2. The topological polar surface area (TPSA) is 130 Å². The second-order valence-electron chi connectivity index (χ2n) is 8.84. The van der Waals surface area contributed by atoms with Gasteiger partial charge in [0.2, 0.25) is 21.8 Å². The van der Waals surface area contributed by atoms with E-state index < -0.39 is 33.4 Å². The van der Waals surface area contributed by atoms with Crippen molar-refractivity contribution < 1.29 is 22.9 Å². The maximum Gasteiger partial charge on any atom is 0.271 e. The van der Waals surface area contributed by atoms with E-state index in [0.717, 1.165) is 27.8 Å². The van der Waals surface area contributed by atoms with E-state index in [1.54, 1.807) is 27.7 Å². The van der Waals surface area contributed by atoms with Crippen LogP contribution in [0.3, 0.4) is 0 Å². The van der Waals surface area contributed by atoms with Crippen LogP contribution in [0, 0.1) is 24.0 Å². The predicted molar refractivity (Wildman–Crippen MR) is 134 cm³/mol. The van der Waals surface area contributed by atoms with Crippen LogP contribution in [0.2, 0.25) is 0 Å². The van der Waals surface area contributed by atoms with Gasteiger partial charge in [-0.2, -0.15) is 0 Å². The molecule has 35 heavy (non-hydrogen) atoms. The summed E-state index contributed by atoms with van der Waals surface area (Å²) in [5.41, 5.74) is 1.98. The number of amides is 2. The zero-order valence-corrected chi connectivity index (χ0v) is 21.6. The summed E-state index contributed by atoms with van der Waals surface area (Å²) in [6.07, 6.45) is 0.928. The zero-order chi connectivity index (χ0) is 26.5. The first kappa shape index (κ1) is 27.8. The van der Waals surface area contributed by atoms with Gasteiger partial charge in [-0.1, -0.05) is 35.9 Å². The Kier molecular flexibility index (Phi) is 8.97. The Morgan fingerprint density at radius 3 is 2.17 bits per heavy atom. The number of nitro benzene ring substituents is 1. The number of hydrogen-bond acceptors (Lipinski definition) is 6. The van der Waals surface area contributed by atoms with E-state index in [1.165, 1.54) is 17.0 Å². The number of non-ortho nitro benzene ring substituents is 1. The number of rotatable bonds is 10. The molecule has 0 aliphatic heterocycles. The van der Waals surface area contributed by atoms with E-state index in [1.807, 2.05) is 31.2 Å². The molecule has 2 aromatic rings. The highest BCUT2D eigenvalue weighted by Gasteiger charge is 2.31. The Morgan fingerprint density at radius 1 is 1.06 bits per heavy atom. The maximum atomic E-state index is 13.5. The fourth-order valence-electron chi connectivity index (χ4n) is 3.45. The van der Waals surface area contributed by atoms with Crippen molar-refractivity contribution in [1.82, 2.24) is 10.2 Å². The van der Waals surface area contributed by atoms with Gasteiger partial charge in [-0.05, 0) is 45.7 Å². The highest BCUT2D eigenvalue weighted by Crippen LogP contribution is 2.28. The van der Waals surface area contributed by atoms with Crippen LogP contribution in [0.15, 0.2) is 42.5 Å². The van der Waals surface area contributed by atoms with Gasteiger partial charge in [0.25, 0.3) is 5.69 Å². The standard InChI is InChI=1S/C24H32N4O6S/c1-16(2)25-24(30)19(5)26(14-20-10-7-17(3)8-11-20)23(29)15-27(35(6,33)34)22-13-21(28(31)32)12-9-18(22)4/h7-13,16,19H,14-15H2,1-6H3,(H,25,30)/t19-/m1/s1. The van der Waals surface area contributed by atoms with Gasteiger partial charge in [0.05, 0.1) is 16.9 Å². The van der Waals surface area contributed by atoms with E-state index >= 15 is 0 Å². The molecule has 2 amide bonds. The number of nitrogens with one attached hydrogen (secondary N) is 1. The lowest BCUT2D eigenvalue weighted by Crippen LogP contribution is -2.52. The average molecular weight is 505 g/mol. The minimum Gasteiger partial charge on any atom is -0.352 e. The van der Waals surface area contributed by atoms with Crippen LogP contribution < -0.4 is 9.62 Å². The molecule has 0 aliphatic rings. The number of carbonyl (C=O) groups is 2. The quantitative estimate of drug-likeness (QED) is 0.391. The highest BCUT2D eigenvalue weighted by atomic mass is 32.2. The van der Waals surface area contributed by atoms with Crippen LogP contribution in [-0.2, 0) is 26.2 Å². The Morgan fingerprint density at radius 2 is 1.66 bits per heavy atom. The maximum absolute atomic E-state index is 13.5. The number of sulfonamides is 1. The summed E-state index contributed by atoms with van der Waals surface area (Å²) in [5, 5.41) is 14.0. The largest absolute Gasteiger partial charge is 0.352 e. The number of aryl methyl sites for hydroxylation is 2. The zero-order valence-electron chi connectivity index (χ0n) is 20.8.